The minimum atomic E-state index is 0.406. The van der Waals surface area contributed by atoms with Crippen molar-refractivity contribution in [2.75, 3.05) is 0 Å². The smallest absolute Gasteiger partial charge is 0.0638 e. The zero-order valence-electron chi connectivity index (χ0n) is 9.42. The van der Waals surface area contributed by atoms with Gasteiger partial charge in [0.1, 0.15) is 0 Å². The van der Waals surface area contributed by atoms with E-state index in [0.717, 1.165) is 12.3 Å². The largest absolute Gasteiger partial charge is 0.310 e. The van der Waals surface area contributed by atoms with E-state index in [1.807, 2.05) is 0 Å². The van der Waals surface area contributed by atoms with E-state index in [4.69, 9.17) is 5.26 Å². The summed E-state index contributed by atoms with van der Waals surface area (Å²) in [7, 11) is 0. The van der Waals surface area contributed by atoms with Crippen LogP contribution in [0.3, 0.4) is 0 Å². The molecule has 0 amide bonds. The van der Waals surface area contributed by atoms with Gasteiger partial charge in [0.2, 0.25) is 0 Å². The highest BCUT2D eigenvalue weighted by Crippen LogP contribution is 2.34. The number of nitrogens with zero attached hydrogens (tertiary/aromatic N) is 1. The van der Waals surface area contributed by atoms with Gasteiger partial charge in [0.15, 0.2) is 0 Å². The molecule has 1 saturated carbocycles. The Kier molecular flexibility index (Phi) is 4.97. The summed E-state index contributed by atoms with van der Waals surface area (Å²) in [4.78, 5) is 0. The molecular formula is C12H22N2. The first kappa shape index (κ1) is 11.5. The number of rotatable bonds is 7. The van der Waals surface area contributed by atoms with Crippen molar-refractivity contribution < 1.29 is 0 Å². The highest BCUT2D eigenvalue weighted by Gasteiger charge is 2.25. The molecule has 2 unspecified atom stereocenters. The van der Waals surface area contributed by atoms with E-state index in [0.29, 0.717) is 18.5 Å². The topological polar surface area (TPSA) is 35.8 Å². The highest BCUT2D eigenvalue weighted by atomic mass is 14.9. The van der Waals surface area contributed by atoms with E-state index < -0.39 is 0 Å². The fraction of sp³-hybridized carbons (Fsp3) is 0.917. The number of nitriles is 1. The molecule has 1 fully saturated rings. The van der Waals surface area contributed by atoms with Crippen molar-refractivity contribution in [3.8, 4) is 6.07 Å². The molecule has 14 heavy (non-hydrogen) atoms. The Balaban J connectivity index is 2.25. The predicted molar refractivity (Wildman–Crippen MR) is 58.9 cm³/mol. The van der Waals surface area contributed by atoms with Crippen molar-refractivity contribution in [1.82, 2.24) is 5.32 Å². The van der Waals surface area contributed by atoms with Crippen LogP contribution < -0.4 is 5.32 Å². The van der Waals surface area contributed by atoms with E-state index in [2.05, 4.69) is 25.2 Å². The summed E-state index contributed by atoms with van der Waals surface area (Å²) < 4.78 is 0. The standard InChI is InChI=1S/C12H22N2/c1-3-11(7-8-13)14-12(4-2)9-10-5-6-10/h10-12,14H,3-7,9H2,1-2H3. The number of hydrogen-bond acceptors (Lipinski definition) is 2. The lowest BCUT2D eigenvalue weighted by Gasteiger charge is -2.22. The van der Waals surface area contributed by atoms with Gasteiger partial charge in [-0.2, -0.15) is 5.26 Å². The Hall–Kier alpha value is -0.550. The second-order valence-corrected chi connectivity index (χ2v) is 4.42. The quantitative estimate of drug-likeness (QED) is 0.676. The van der Waals surface area contributed by atoms with Gasteiger partial charge in [-0.3, -0.25) is 0 Å². The Morgan fingerprint density at radius 3 is 2.36 bits per heavy atom. The first-order valence-corrected chi connectivity index (χ1v) is 5.93. The van der Waals surface area contributed by atoms with Crippen molar-refractivity contribution in [2.24, 2.45) is 5.92 Å². The molecule has 1 N–H and O–H groups in total. The van der Waals surface area contributed by atoms with Gasteiger partial charge in [0, 0.05) is 12.1 Å². The van der Waals surface area contributed by atoms with Crippen LogP contribution >= 0.6 is 0 Å². The van der Waals surface area contributed by atoms with Crippen LogP contribution in [0.4, 0.5) is 0 Å². The molecule has 0 saturated heterocycles. The molecule has 0 heterocycles. The van der Waals surface area contributed by atoms with Crippen LogP contribution in [0.5, 0.6) is 0 Å². The van der Waals surface area contributed by atoms with Gasteiger partial charge in [0.05, 0.1) is 12.5 Å². The molecule has 2 heteroatoms. The maximum absolute atomic E-state index is 8.66. The van der Waals surface area contributed by atoms with Crippen LogP contribution in [0.2, 0.25) is 0 Å². The third-order valence-electron chi connectivity index (χ3n) is 3.11. The summed E-state index contributed by atoms with van der Waals surface area (Å²) in [6, 6.07) is 3.30. The third-order valence-corrected chi connectivity index (χ3v) is 3.11. The summed E-state index contributed by atoms with van der Waals surface area (Å²) in [6.45, 7) is 4.39. The maximum atomic E-state index is 8.66. The zero-order valence-corrected chi connectivity index (χ0v) is 9.42. The van der Waals surface area contributed by atoms with Gasteiger partial charge >= 0.3 is 0 Å². The van der Waals surface area contributed by atoms with Gasteiger partial charge in [-0.15, -0.1) is 0 Å². The van der Waals surface area contributed by atoms with Crippen molar-refractivity contribution in [3.63, 3.8) is 0 Å². The van der Waals surface area contributed by atoms with Crippen LogP contribution in [0, 0.1) is 17.2 Å². The zero-order chi connectivity index (χ0) is 10.4. The summed E-state index contributed by atoms with van der Waals surface area (Å²) in [5, 5.41) is 12.3. The van der Waals surface area contributed by atoms with Gasteiger partial charge in [-0.25, -0.2) is 0 Å². The molecular weight excluding hydrogens is 172 g/mol. The third kappa shape index (κ3) is 4.11. The fourth-order valence-corrected chi connectivity index (χ4v) is 1.87. The molecule has 1 rings (SSSR count). The lowest BCUT2D eigenvalue weighted by atomic mass is 10.0. The lowest BCUT2D eigenvalue weighted by Crippen LogP contribution is -2.37. The van der Waals surface area contributed by atoms with Crippen LogP contribution in [0.25, 0.3) is 0 Å². The van der Waals surface area contributed by atoms with Crippen LogP contribution in [-0.2, 0) is 0 Å². The SMILES string of the molecule is CCC(CC#N)NC(CC)CC1CC1. The van der Waals surface area contributed by atoms with E-state index >= 15 is 0 Å². The summed E-state index contributed by atoms with van der Waals surface area (Å²) in [5.74, 6) is 0.979. The second kappa shape index (κ2) is 6.03. The maximum Gasteiger partial charge on any atom is 0.0638 e. The predicted octanol–water partition coefficient (Wildman–Crippen LogP) is 2.85. The molecule has 0 radical (unpaired) electrons. The lowest BCUT2D eigenvalue weighted by molar-refractivity contribution is 0.380. The molecule has 1 aliphatic carbocycles. The van der Waals surface area contributed by atoms with Crippen molar-refractivity contribution >= 4 is 0 Å². The van der Waals surface area contributed by atoms with Gasteiger partial charge in [-0.05, 0) is 25.2 Å². The molecule has 0 aliphatic heterocycles. The molecule has 0 bridgehead atoms. The Morgan fingerprint density at radius 2 is 1.93 bits per heavy atom. The van der Waals surface area contributed by atoms with Gasteiger partial charge in [0.25, 0.3) is 0 Å². The molecule has 2 nitrogen and oxygen atoms in total. The molecule has 0 aromatic rings. The van der Waals surface area contributed by atoms with Crippen LogP contribution in [-0.4, -0.2) is 12.1 Å². The first-order valence-electron chi connectivity index (χ1n) is 5.93. The molecule has 0 aromatic heterocycles. The van der Waals surface area contributed by atoms with E-state index in [1.54, 1.807) is 0 Å². The molecule has 1 aliphatic rings. The van der Waals surface area contributed by atoms with E-state index in [1.165, 1.54) is 25.7 Å². The highest BCUT2D eigenvalue weighted by molar-refractivity contribution is 4.85. The monoisotopic (exact) mass is 194 g/mol. The number of nitrogens with one attached hydrogen (secondary N) is 1. The van der Waals surface area contributed by atoms with Crippen LogP contribution in [0.1, 0.15) is 52.4 Å². The fourth-order valence-electron chi connectivity index (χ4n) is 1.87. The average Bonchev–Trinajstić information content (AvgIpc) is 2.99. The Labute approximate surface area is 87.7 Å². The van der Waals surface area contributed by atoms with Crippen molar-refractivity contribution in [3.05, 3.63) is 0 Å². The van der Waals surface area contributed by atoms with E-state index in [-0.39, 0.29) is 0 Å². The first-order chi connectivity index (χ1) is 6.80. The average molecular weight is 194 g/mol. The summed E-state index contributed by atoms with van der Waals surface area (Å²) in [6.07, 6.45) is 7.07. The molecule has 2 atom stereocenters. The molecule has 80 valence electrons. The van der Waals surface area contributed by atoms with Crippen molar-refractivity contribution in [1.29, 1.82) is 5.26 Å². The minimum Gasteiger partial charge on any atom is -0.310 e. The molecule has 0 spiro atoms. The van der Waals surface area contributed by atoms with Crippen LogP contribution in [0.15, 0.2) is 0 Å². The van der Waals surface area contributed by atoms with Crippen molar-refractivity contribution in [2.45, 2.75) is 64.5 Å². The summed E-state index contributed by atoms with van der Waals surface area (Å²) in [5.41, 5.74) is 0. The minimum absolute atomic E-state index is 0.406. The Bertz CT molecular complexity index is 191. The number of hydrogen-bond donors (Lipinski definition) is 1. The Morgan fingerprint density at radius 1 is 1.29 bits per heavy atom. The second-order valence-electron chi connectivity index (χ2n) is 4.42. The normalized spacial score (nSPS) is 20.1. The van der Waals surface area contributed by atoms with Gasteiger partial charge < -0.3 is 5.32 Å². The summed E-state index contributed by atoms with van der Waals surface area (Å²) >= 11 is 0. The van der Waals surface area contributed by atoms with E-state index in [9.17, 15) is 0 Å². The van der Waals surface area contributed by atoms with Gasteiger partial charge in [-0.1, -0.05) is 26.7 Å². The molecule has 0 aromatic carbocycles.